The van der Waals surface area contributed by atoms with Gasteiger partial charge in [-0.1, -0.05) is 60.1 Å². The van der Waals surface area contributed by atoms with Gasteiger partial charge in [0.15, 0.2) is 31.5 Å². The summed E-state index contributed by atoms with van der Waals surface area (Å²) >= 11 is 0. The maximum absolute atomic E-state index is 15.1. The van der Waals surface area contributed by atoms with Crippen LogP contribution in [0.5, 0.6) is 0 Å². The summed E-state index contributed by atoms with van der Waals surface area (Å²) in [5.74, 6) is -0.477. The third-order valence-electron chi connectivity index (χ3n) is 24.9. The third-order valence-corrected chi connectivity index (χ3v) is 24.9. The first-order valence-corrected chi connectivity index (χ1v) is 33.5. The molecule has 0 spiro atoms. The predicted octanol–water partition coefficient (Wildman–Crippen LogP) is -4.08. The maximum atomic E-state index is 15.1. The highest BCUT2D eigenvalue weighted by Crippen LogP contribution is 2.76. The van der Waals surface area contributed by atoms with Crippen molar-refractivity contribution in [1.82, 2.24) is 0 Å². The smallest absolute Gasteiger partial charge is 0.315 e. The molecule has 0 aromatic rings. The first kappa shape index (κ1) is 73.3. The van der Waals surface area contributed by atoms with Crippen molar-refractivity contribution in [2.24, 2.45) is 50.2 Å². The zero-order valence-electron chi connectivity index (χ0n) is 54.6. The van der Waals surface area contributed by atoms with Crippen molar-refractivity contribution in [2.75, 3.05) is 33.0 Å². The number of fused-ring (bicyclic) bond motifs is 7. The van der Waals surface area contributed by atoms with Crippen LogP contribution in [-0.2, 0) is 61.6 Å². The average Bonchev–Trinajstić information content (AvgIpc) is 0.675. The number of rotatable bonds is 15. The van der Waals surface area contributed by atoms with Gasteiger partial charge >= 0.3 is 5.97 Å². The summed E-state index contributed by atoms with van der Waals surface area (Å²) in [5.41, 5.74) is -1.18. The Hall–Kier alpha value is -1.91. The molecule has 0 bridgehead atoms. The molecule has 11 aliphatic rings. The molecule has 0 aromatic heterocycles. The molecule has 30 nitrogen and oxygen atoms in total. The van der Waals surface area contributed by atoms with E-state index in [0.717, 1.165) is 25.7 Å². The zero-order valence-corrected chi connectivity index (χ0v) is 54.6. The van der Waals surface area contributed by atoms with Crippen LogP contribution in [0.2, 0.25) is 0 Å². The minimum Gasteiger partial charge on any atom is -0.432 e. The molecule has 0 aromatic carbocycles. The molecule has 0 radical (unpaired) electrons. The van der Waals surface area contributed by atoms with Crippen LogP contribution in [0.1, 0.15) is 120 Å². The fraction of sp³-hybridized carbons (Fsp3) is 0.953. The number of esters is 1. The van der Waals surface area contributed by atoms with Gasteiger partial charge in [0.25, 0.3) is 0 Å². The minimum atomic E-state index is -1.86. The van der Waals surface area contributed by atoms with Gasteiger partial charge in [0.05, 0.1) is 50.7 Å². The summed E-state index contributed by atoms with van der Waals surface area (Å²) in [6, 6.07) is 0. The molecule has 94 heavy (non-hydrogen) atoms. The van der Waals surface area contributed by atoms with Crippen molar-refractivity contribution in [1.29, 1.82) is 0 Å². The van der Waals surface area contributed by atoms with Gasteiger partial charge in [-0.2, -0.15) is 0 Å². The fourth-order valence-electron chi connectivity index (χ4n) is 18.7. The van der Waals surface area contributed by atoms with Crippen LogP contribution in [0.4, 0.5) is 0 Å². The van der Waals surface area contributed by atoms with Crippen LogP contribution in [0.3, 0.4) is 0 Å². The van der Waals surface area contributed by atoms with Crippen LogP contribution in [0.15, 0.2) is 11.6 Å². The monoisotopic (exact) mass is 1350 g/mol. The molecular weight excluding hydrogens is 1250 g/mol. The molecule has 17 N–H and O–H groups in total. The van der Waals surface area contributed by atoms with Crippen molar-refractivity contribution in [2.45, 2.75) is 298 Å². The van der Waals surface area contributed by atoms with Crippen LogP contribution in [0.25, 0.3) is 0 Å². The normalized spacial score (nSPS) is 54.2. The molecule has 11 rings (SSSR count). The molecule has 540 valence electrons. The molecule has 6 aliphatic heterocycles. The number of carbonyl (C=O) groups is 1. The minimum absolute atomic E-state index is 0.143. The first-order valence-electron chi connectivity index (χ1n) is 33.5. The van der Waals surface area contributed by atoms with E-state index in [9.17, 15) is 86.8 Å². The lowest BCUT2D eigenvalue weighted by molar-refractivity contribution is -0.375. The van der Waals surface area contributed by atoms with E-state index in [-0.39, 0.29) is 46.0 Å². The van der Waals surface area contributed by atoms with Crippen LogP contribution >= 0.6 is 0 Å². The number of allylic oxidation sites excluding steroid dienone is 2. The maximum Gasteiger partial charge on any atom is 0.315 e. The van der Waals surface area contributed by atoms with Crippen LogP contribution in [0, 0.1) is 50.2 Å². The van der Waals surface area contributed by atoms with E-state index in [1.807, 2.05) is 0 Å². The van der Waals surface area contributed by atoms with Gasteiger partial charge in [-0.25, -0.2) is 0 Å². The zero-order chi connectivity index (χ0) is 68.4. The van der Waals surface area contributed by atoms with Gasteiger partial charge in [0.1, 0.15) is 128 Å². The lowest BCUT2D eigenvalue weighted by atomic mass is 9.33. The summed E-state index contributed by atoms with van der Waals surface area (Å²) in [6.07, 6.45) is -36.2. The molecular formula is C64H104O30. The second kappa shape index (κ2) is 27.5. The Morgan fingerprint density at radius 3 is 1.62 bits per heavy atom. The Morgan fingerprint density at radius 2 is 1.01 bits per heavy atom. The quantitative estimate of drug-likeness (QED) is 0.0421. The van der Waals surface area contributed by atoms with Crippen molar-refractivity contribution in [3.8, 4) is 0 Å². The van der Waals surface area contributed by atoms with E-state index in [1.54, 1.807) is 0 Å². The molecule has 30 heteroatoms. The molecule has 0 amide bonds. The van der Waals surface area contributed by atoms with E-state index < -0.39 is 221 Å². The number of ether oxygens (including phenoxy) is 12. The molecule has 5 aliphatic carbocycles. The first-order chi connectivity index (χ1) is 44.1. The predicted molar refractivity (Wildman–Crippen MR) is 315 cm³/mol. The Labute approximate surface area is 545 Å². The summed E-state index contributed by atoms with van der Waals surface area (Å²) in [6.45, 7) is 14.6. The average molecular weight is 1350 g/mol. The van der Waals surface area contributed by atoms with E-state index in [0.29, 0.717) is 38.5 Å². The molecule has 4 saturated carbocycles. The number of aliphatic hydroxyl groups excluding tert-OH is 17. The lowest BCUT2D eigenvalue weighted by Gasteiger charge is -2.71. The SMILES string of the molecule is C[C@@H]1O[C@@H](O[C@@H]2CO[C@@H](O[C@@H]3CO[C@@H](O[C@H]4CC[C@]5(C)[C@H]6CC=C7[C@@H]8CC(C)(C)CC[C@]8(C(=O)O[C@@H]8O[C@H](CO[C@@H]9O[C@H](CO)[C@@H](O)[C@H](O)[C@H]9O)[C@@H](O)[C@H](O)[C@H]8O)CC[C@@]7(C)[C@]6(C)CC[C@H]5C4(C)C)[C@H](O)[C@H]3O)[C@H](O)[C@H]2O)[C@H](O)[C@H](O[C@@H]2O[C@H](CO)[C@@H](O)[C@H](O)[C@H]2O)[C@H]1O. The van der Waals surface area contributed by atoms with Gasteiger partial charge in [-0.05, 0) is 116 Å². The second-order valence-corrected chi connectivity index (χ2v) is 31.0. The van der Waals surface area contributed by atoms with Crippen LogP contribution in [-0.4, -0.2) is 304 Å². The Balaban J connectivity index is 0.706. The number of hydrogen-bond acceptors (Lipinski definition) is 30. The second-order valence-electron chi connectivity index (χ2n) is 31.0. The Kier molecular flexibility index (Phi) is 21.4. The van der Waals surface area contributed by atoms with Gasteiger partial charge in [0, 0.05) is 0 Å². The fourth-order valence-corrected chi connectivity index (χ4v) is 18.7. The Bertz CT molecular complexity index is 2640. The largest absolute Gasteiger partial charge is 0.432 e. The highest BCUT2D eigenvalue weighted by Gasteiger charge is 2.70. The molecule has 0 unspecified atom stereocenters. The van der Waals surface area contributed by atoms with Crippen molar-refractivity contribution in [3.05, 3.63) is 11.6 Å². The van der Waals surface area contributed by atoms with E-state index in [2.05, 4.69) is 54.5 Å². The summed E-state index contributed by atoms with van der Waals surface area (Å²) in [5, 5.41) is 183. The van der Waals surface area contributed by atoms with Gasteiger partial charge in [0.2, 0.25) is 6.29 Å². The van der Waals surface area contributed by atoms with Crippen molar-refractivity contribution >= 4 is 5.97 Å². The van der Waals surface area contributed by atoms with Gasteiger partial charge in [-0.15, -0.1) is 0 Å². The van der Waals surface area contributed by atoms with Crippen molar-refractivity contribution in [3.63, 3.8) is 0 Å². The van der Waals surface area contributed by atoms with E-state index in [1.165, 1.54) is 12.5 Å². The highest BCUT2D eigenvalue weighted by molar-refractivity contribution is 5.79. The van der Waals surface area contributed by atoms with E-state index >= 15 is 4.79 Å². The molecule has 6 saturated heterocycles. The molecule has 6 heterocycles. The van der Waals surface area contributed by atoms with E-state index in [4.69, 9.17) is 56.8 Å². The number of aliphatic hydroxyl groups is 17. The van der Waals surface area contributed by atoms with Gasteiger partial charge in [-0.3, -0.25) is 4.79 Å². The summed E-state index contributed by atoms with van der Waals surface area (Å²) in [4.78, 5) is 15.1. The van der Waals surface area contributed by atoms with Gasteiger partial charge < -0.3 is 144 Å². The highest BCUT2D eigenvalue weighted by atomic mass is 16.8. The number of carbonyl (C=O) groups excluding carboxylic acids is 1. The topological polar surface area (TPSA) is 472 Å². The Morgan fingerprint density at radius 1 is 0.500 bits per heavy atom. The van der Waals surface area contributed by atoms with Crippen LogP contribution < -0.4 is 0 Å². The summed E-state index contributed by atoms with van der Waals surface area (Å²) < 4.78 is 70.4. The third kappa shape index (κ3) is 12.6. The summed E-state index contributed by atoms with van der Waals surface area (Å²) in [7, 11) is 0. The van der Waals surface area contributed by atoms with Crippen molar-refractivity contribution < 1.29 is 148 Å². The molecule has 36 atom stereocenters. The molecule has 10 fully saturated rings. The standard InChI is InChI=1S/C64H104O30/c1-25-36(67)51(93-55-48(79)43(74)38(69)29(21-66)88-55)50(81)57(86-25)91-32-24-83-52(45(76)41(32)72)89-31-23-85-54(46(77)40(31)71)92-35-12-13-61(6)33(60(35,4)5)11-14-63(8)34(61)10-9-26-27-19-59(2,3)15-17-64(27,18-16-62(26,63)7)58(82)94-56-49(80)44(75)39(70)30(90-56)22-84-53-47(78)42(73)37(68)28(20-65)87-53/h9,25,27-57,65-81H,10-24H2,1-8H3/t25-,27-,28+,29+,30+,31+,32+,33-,34+,35-,36-,37+,38+,39+,40-,41-,42-,43-,44-,45+,46+,47+,48+,49+,50+,51+,52-,53+,54-,55-,56-,57-,61-,62+,63+,64-/m0/s1. The number of hydrogen-bond donors (Lipinski definition) is 17. The lowest BCUT2D eigenvalue weighted by Crippen LogP contribution is -2.66.